The first-order valence-electron chi connectivity index (χ1n) is 6.66. The van der Waals surface area contributed by atoms with Crippen molar-refractivity contribution in [1.82, 2.24) is 10.6 Å². The van der Waals surface area contributed by atoms with Gasteiger partial charge in [-0.2, -0.15) is 0 Å². The highest BCUT2D eigenvalue weighted by Gasteiger charge is 2.14. The molecule has 1 aromatic rings. The highest BCUT2D eigenvalue weighted by molar-refractivity contribution is 5.88. The number of amides is 2. The molecule has 0 aliphatic carbocycles. The zero-order chi connectivity index (χ0) is 15.3. The first kappa shape index (κ1) is 16.1. The van der Waals surface area contributed by atoms with Gasteiger partial charge in [0.1, 0.15) is 17.1 Å². The molecule has 20 heavy (non-hydrogen) atoms. The van der Waals surface area contributed by atoms with E-state index >= 15 is 0 Å². The van der Waals surface area contributed by atoms with Crippen LogP contribution >= 0.6 is 0 Å². The molecule has 0 bridgehead atoms. The molecular weight excluding hydrogens is 260 g/mol. The Morgan fingerprint density at radius 2 is 2.00 bits per heavy atom. The van der Waals surface area contributed by atoms with E-state index in [1.54, 1.807) is 6.92 Å². The van der Waals surface area contributed by atoms with E-state index in [1.165, 1.54) is 6.07 Å². The van der Waals surface area contributed by atoms with Crippen LogP contribution in [0.15, 0.2) is 10.5 Å². The maximum absolute atomic E-state index is 11.7. The molecule has 0 aliphatic heterocycles. The molecular formula is C14H22N2O4. The first-order chi connectivity index (χ1) is 9.29. The Balaban J connectivity index is 2.45. The van der Waals surface area contributed by atoms with Gasteiger partial charge in [0.05, 0.1) is 6.54 Å². The van der Waals surface area contributed by atoms with Crippen LogP contribution in [0.1, 0.15) is 49.1 Å². The largest absolute Gasteiger partial charge is 0.478 e. The summed E-state index contributed by atoms with van der Waals surface area (Å²) in [4.78, 5) is 22.5. The van der Waals surface area contributed by atoms with Gasteiger partial charge in [0.15, 0.2) is 0 Å². The summed E-state index contributed by atoms with van der Waals surface area (Å²) < 4.78 is 5.27. The molecule has 1 unspecified atom stereocenters. The Bertz CT molecular complexity index is 480. The van der Waals surface area contributed by atoms with Gasteiger partial charge >= 0.3 is 12.0 Å². The molecule has 1 heterocycles. The van der Waals surface area contributed by atoms with Crippen molar-refractivity contribution in [2.45, 2.75) is 46.7 Å². The van der Waals surface area contributed by atoms with Gasteiger partial charge in [0.2, 0.25) is 0 Å². The number of aromatic carboxylic acids is 1. The molecule has 1 rings (SSSR count). The molecule has 1 aromatic heterocycles. The Morgan fingerprint density at radius 1 is 1.35 bits per heavy atom. The maximum atomic E-state index is 11.7. The lowest BCUT2D eigenvalue weighted by atomic mass is 10.1. The minimum Gasteiger partial charge on any atom is -0.478 e. The number of carboxylic acid groups (broad SMARTS) is 1. The van der Waals surface area contributed by atoms with Crippen LogP contribution in [-0.2, 0) is 6.54 Å². The van der Waals surface area contributed by atoms with Crippen molar-refractivity contribution in [2.75, 3.05) is 0 Å². The van der Waals surface area contributed by atoms with Gasteiger partial charge in [-0.15, -0.1) is 0 Å². The molecule has 112 valence electrons. The highest BCUT2D eigenvalue weighted by Crippen LogP contribution is 2.14. The number of nitrogens with one attached hydrogen (secondary N) is 2. The molecule has 3 N–H and O–H groups in total. The summed E-state index contributed by atoms with van der Waals surface area (Å²) in [5, 5.41) is 14.4. The summed E-state index contributed by atoms with van der Waals surface area (Å²) >= 11 is 0. The number of furan rings is 1. The summed E-state index contributed by atoms with van der Waals surface area (Å²) in [5.41, 5.74) is 0.121. The molecule has 1 atom stereocenters. The van der Waals surface area contributed by atoms with E-state index in [0.29, 0.717) is 17.4 Å². The Labute approximate surface area is 118 Å². The second-order valence-electron chi connectivity index (χ2n) is 5.35. The fourth-order valence-electron chi connectivity index (χ4n) is 2.05. The van der Waals surface area contributed by atoms with Crippen LogP contribution in [0.5, 0.6) is 0 Å². The standard InChI is InChI=1S/C14H22N2O4/c1-8(2)5-9(3)16-14(19)15-7-11-6-12(13(17)18)10(4)20-11/h6,8-9H,5,7H2,1-4H3,(H,17,18)(H2,15,16,19). The van der Waals surface area contributed by atoms with Gasteiger partial charge in [-0.1, -0.05) is 13.8 Å². The smallest absolute Gasteiger partial charge is 0.339 e. The molecule has 0 aliphatic rings. The van der Waals surface area contributed by atoms with Crippen LogP contribution in [-0.4, -0.2) is 23.1 Å². The molecule has 0 saturated heterocycles. The van der Waals surface area contributed by atoms with Crippen LogP contribution in [0.4, 0.5) is 4.79 Å². The third kappa shape index (κ3) is 4.95. The number of hydrogen-bond acceptors (Lipinski definition) is 3. The molecule has 0 aromatic carbocycles. The van der Waals surface area contributed by atoms with Crippen LogP contribution in [0, 0.1) is 12.8 Å². The van der Waals surface area contributed by atoms with Gasteiger partial charge < -0.3 is 20.2 Å². The maximum Gasteiger partial charge on any atom is 0.339 e. The number of carboxylic acids is 1. The van der Waals surface area contributed by atoms with E-state index in [4.69, 9.17) is 9.52 Å². The molecule has 6 nitrogen and oxygen atoms in total. The van der Waals surface area contributed by atoms with Crippen molar-refractivity contribution in [3.8, 4) is 0 Å². The van der Waals surface area contributed by atoms with E-state index in [-0.39, 0.29) is 24.2 Å². The Morgan fingerprint density at radius 3 is 2.50 bits per heavy atom. The van der Waals surface area contributed by atoms with Gasteiger partial charge in [-0.05, 0) is 32.3 Å². The number of urea groups is 1. The van der Waals surface area contributed by atoms with E-state index in [9.17, 15) is 9.59 Å². The average molecular weight is 282 g/mol. The number of hydrogen-bond donors (Lipinski definition) is 3. The van der Waals surface area contributed by atoms with Crippen LogP contribution < -0.4 is 10.6 Å². The Hall–Kier alpha value is -1.98. The number of aryl methyl sites for hydroxylation is 1. The van der Waals surface area contributed by atoms with Crippen LogP contribution in [0.3, 0.4) is 0 Å². The monoisotopic (exact) mass is 282 g/mol. The zero-order valence-corrected chi connectivity index (χ0v) is 12.3. The van der Waals surface area contributed by atoms with Crippen LogP contribution in [0.2, 0.25) is 0 Å². The minimum absolute atomic E-state index is 0.0860. The van der Waals surface area contributed by atoms with Gasteiger partial charge in [0.25, 0.3) is 0 Å². The summed E-state index contributed by atoms with van der Waals surface area (Å²) in [6, 6.07) is 1.22. The van der Waals surface area contributed by atoms with Crippen LogP contribution in [0.25, 0.3) is 0 Å². The quantitative estimate of drug-likeness (QED) is 0.747. The summed E-state index contributed by atoms with van der Waals surface area (Å²) in [7, 11) is 0. The summed E-state index contributed by atoms with van der Waals surface area (Å²) in [6.07, 6.45) is 0.899. The second-order valence-corrected chi connectivity index (χ2v) is 5.35. The summed E-state index contributed by atoms with van der Waals surface area (Å²) in [6.45, 7) is 7.87. The zero-order valence-electron chi connectivity index (χ0n) is 12.3. The lowest BCUT2D eigenvalue weighted by Gasteiger charge is -2.16. The van der Waals surface area contributed by atoms with E-state index in [2.05, 4.69) is 24.5 Å². The van der Waals surface area contributed by atoms with Crippen molar-refractivity contribution in [3.63, 3.8) is 0 Å². The van der Waals surface area contributed by atoms with Crippen molar-refractivity contribution in [3.05, 3.63) is 23.2 Å². The SMILES string of the molecule is Cc1oc(CNC(=O)NC(C)CC(C)C)cc1C(=O)O. The van der Waals surface area contributed by atoms with Crippen molar-refractivity contribution in [2.24, 2.45) is 5.92 Å². The van der Waals surface area contributed by atoms with Crippen molar-refractivity contribution < 1.29 is 19.1 Å². The molecule has 0 saturated carbocycles. The number of carbonyl (C=O) groups is 2. The molecule has 0 radical (unpaired) electrons. The predicted molar refractivity (Wildman–Crippen MR) is 74.7 cm³/mol. The fraction of sp³-hybridized carbons (Fsp3) is 0.571. The molecule has 0 spiro atoms. The van der Waals surface area contributed by atoms with E-state index < -0.39 is 5.97 Å². The van der Waals surface area contributed by atoms with E-state index in [1.807, 2.05) is 6.92 Å². The first-order valence-corrected chi connectivity index (χ1v) is 6.66. The third-order valence-electron chi connectivity index (χ3n) is 2.82. The lowest BCUT2D eigenvalue weighted by Crippen LogP contribution is -2.40. The number of rotatable bonds is 6. The summed E-state index contributed by atoms with van der Waals surface area (Å²) in [5.74, 6) is 0.234. The normalized spacial score (nSPS) is 12.2. The second kappa shape index (κ2) is 6.98. The Kier molecular flexibility index (Phi) is 5.61. The van der Waals surface area contributed by atoms with Crippen molar-refractivity contribution in [1.29, 1.82) is 0 Å². The molecule has 6 heteroatoms. The van der Waals surface area contributed by atoms with Gasteiger partial charge in [-0.3, -0.25) is 0 Å². The van der Waals surface area contributed by atoms with Gasteiger partial charge in [0, 0.05) is 6.04 Å². The minimum atomic E-state index is -1.03. The topological polar surface area (TPSA) is 91.6 Å². The number of carbonyl (C=O) groups excluding carboxylic acids is 1. The van der Waals surface area contributed by atoms with Gasteiger partial charge in [-0.25, -0.2) is 9.59 Å². The fourth-order valence-corrected chi connectivity index (χ4v) is 2.05. The average Bonchev–Trinajstić information content (AvgIpc) is 2.66. The van der Waals surface area contributed by atoms with E-state index in [0.717, 1.165) is 6.42 Å². The predicted octanol–water partition coefficient (Wildman–Crippen LogP) is 2.52. The highest BCUT2D eigenvalue weighted by atomic mass is 16.4. The molecule has 0 fully saturated rings. The lowest BCUT2D eigenvalue weighted by molar-refractivity contribution is 0.0695. The van der Waals surface area contributed by atoms with Crippen molar-refractivity contribution >= 4 is 12.0 Å². The molecule has 2 amide bonds. The third-order valence-corrected chi connectivity index (χ3v) is 2.82.